The standard InChI is InChI=1S/C20H28N2O/c1-16-7-5-6-10-19(16)21-20(23)15-22-13-11-18(12-14-22)17-8-3-2-4-9-17/h2-4,8-9,11,16,19H,5-7,10,12-15H2,1H3,(H,21,23)/p+1/t16-,19-/m0/s1. The molecule has 2 N–H and O–H groups in total. The van der Waals surface area contributed by atoms with E-state index in [2.05, 4.69) is 48.6 Å². The Balaban J connectivity index is 1.48. The van der Waals surface area contributed by atoms with Crippen molar-refractivity contribution in [3.05, 3.63) is 42.0 Å². The summed E-state index contributed by atoms with van der Waals surface area (Å²) in [6.45, 7) is 4.89. The van der Waals surface area contributed by atoms with E-state index in [0.717, 1.165) is 25.9 Å². The van der Waals surface area contributed by atoms with Crippen LogP contribution in [0.25, 0.3) is 5.57 Å². The van der Waals surface area contributed by atoms with Crippen LogP contribution in [-0.2, 0) is 4.79 Å². The molecule has 1 amide bonds. The number of carbonyl (C=O) groups is 1. The number of carbonyl (C=O) groups excluding carboxylic acids is 1. The first-order chi connectivity index (χ1) is 11.2. The third-order valence-corrected chi connectivity index (χ3v) is 5.40. The molecule has 0 spiro atoms. The first kappa shape index (κ1) is 16.3. The summed E-state index contributed by atoms with van der Waals surface area (Å²) < 4.78 is 0. The normalized spacial score (nSPS) is 28.0. The first-order valence-electron chi connectivity index (χ1n) is 9.10. The quantitative estimate of drug-likeness (QED) is 0.876. The maximum absolute atomic E-state index is 12.3. The van der Waals surface area contributed by atoms with Gasteiger partial charge in [-0.1, -0.05) is 50.1 Å². The summed E-state index contributed by atoms with van der Waals surface area (Å²) in [5.41, 5.74) is 2.75. The maximum atomic E-state index is 12.3. The second-order valence-corrected chi connectivity index (χ2v) is 7.16. The molecule has 0 saturated heterocycles. The molecule has 1 aliphatic heterocycles. The zero-order valence-electron chi connectivity index (χ0n) is 14.2. The Morgan fingerprint density at radius 3 is 2.70 bits per heavy atom. The molecule has 1 heterocycles. The monoisotopic (exact) mass is 313 g/mol. The first-order valence-corrected chi connectivity index (χ1v) is 9.10. The summed E-state index contributed by atoms with van der Waals surface area (Å²) in [6, 6.07) is 11.0. The Morgan fingerprint density at radius 1 is 1.22 bits per heavy atom. The summed E-state index contributed by atoms with van der Waals surface area (Å²) >= 11 is 0. The van der Waals surface area contributed by atoms with Gasteiger partial charge in [-0.05, 0) is 36.0 Å². The van der Waals surface area contributed by atoms with Gasteiger partial charge in [0.05, 0.1) is 13.1 Å². The lowest BCUT2D eigenvalue weighted by atomic mass is 9.86. The molecular weight excluding hydrogens is 284 g/mol. The molecule has 1 aromatic carbocycles. The van der Waals surface area contributed by atoms with Crippen molar-refractivity contribution in [1.29, 1.82) is 0 Å². The van der Waals surface area contributed by atoms with Crippen LogP contribution in [0.15, 0.2) is 36.4 Å². The van der Waals surface area contributed by atoms with Crippen molar-refractivity contribution in [3.63, 3.8) is 0 Å². The SMILES string of the molecule is C[C@H]1CCCC[C@@H]1NC(=O)C[NH+]1CC=C(c2ccccc2)CC1. The van der Waals surface area contributed by atoms with Gasteiger partial charge in [-0.3, -0.25) is 4.79 Å². The molecule has 1 saturated carbocycles. The van der Waals surface area contributed by atoms with Crippen LogP contribution in [0.5, 0.6) is 0 Å². The van der Waals surface area contributed by atoms with Crippen molar-refractivity contribution in [2.75, 3.05) is 19.6 Å². The smallest absolute Gasteiger partial charge is 0.275 e. The molecule has 0 aromatic heterocycles. The van der Waals surface area contributed by atoms with E-state index < -0.39 is 0 Å². The van der Waals surface area contributed by atoms with Gasteiger partial charge >= 0.3 is 0 Å². The van der Waals surface area contributed by atoms with E-state index in [4.69, 9.17) is 0 Å². The minimum Gasteiger partial charge on any atom is -0.348 e. The highest BCUT2D eigenvalue weighted by atomic mass is 16.2. The summed E-state index contributed by atoms with van der Waals surface area (Å²) in [6.07, 6.45) is 8.36. The topological polar surface area (TPSA) is 33.5 Å². The number of amides is 1. The van der Waals surface area contributed by atoms with Crippen LogP contribution in [0.2, 0.25) is 0 Å². The molecule has 2 aliphatic rings. The molecule has 23 heavy (non-hydrogen) atoms. The van der Waals surface area contributed by atoms with E-state index >= 15 is 0 Å². The summed E-state index contributed by atoms with van der Waals surface area (Å²) in [5, 5.41) is 3.28. The lowest BCUT2D eigenvalue weighted by Crippen LogP contribution is -3.13. The van der Waals surface area contributed by atoms with E-state index in [1.54, 1.807) is 0 Å². The van der Waals surface area contributed by atoms with Gasteiger partial charge in [0.25, 0.3) is 5.91 Å². The van der Waals surface area contributed by atoms with Gasteiger partial charge in [0.15, 0.2) is 6.54 Å². The lowest BCUT2D eigenvalue weighted by Gasteiger charge is -2.30. The van der Waals surface area contributed by atoms with Gasteiger partial charge in [0.1, 0.15) is 0 Å². The predicted octanol–water partition coefficient (Wildman–Crippen LogP) is 2.05. The third-order valence-electron chi connectivity index (χ3n) is 5.40. The Labute approximate surface area is 139 Å². The zero-order valence-corrected chi connectivity index (χ0v) is 14.2. The van der Waals surface area contributed by atoms with Crippen molar-refractivity contribution in [3.8, 4) is 0 Å². The van der Waals surface area contributed by atoms with Crippen LogP contribution in [0, 0.1) is 5.92 Å². The highest BCUT2D eigenvalue weighted by molar-refractivity contribution is 5.77. The zero-order chi connectivity index (χ0) is 16.1. The fourth-order valence-corrected chi connectivity index (χ4v) is 3.87. The number of quaternary nitrogens is 1. The van der Waals surface area contributed by atoms with Gasteiger partial charge in [-0.15, -0.1) is 0 Å². The van der Waals surface area contributed by atoms with Crippen molar-refractivity contribution in [2.24, 2.45) is 5.92 Å². The van der Waals surface area contributed by atoms with Crippen LogP contribution < -0.4 is 10.2 Å². The van der Waals surface area contributed by atoms with Crippen LogP contribution in [0.3, 0.4) is 0 Å². The van der Waals surface area contributed by atoms with E-state index in [1.807, 2.05) is 0 Å². The average Bonchev–Trinajstić information content (AvgIpc) is 2.58. The molecule has 1 unspecified atom stereocenters. The highest BCUT2D eigenvalue weighted by Gasteiger charge is 2.25. The number of nitrogens with one attached hydrogen (secondary N) is 2. The van der Waals surface area contributed by atoms with Crippen molar-refractivity contribution in [2.45, 2.75) is 45.1 Å². The van der Waals surface area contributed by atoms with Gasteiger partial charge in [-0.2, -0.15) is 0 Å². The van der Waals surface area contributed by atoms with Gasteiger partial charge in [0.2, 0.25) is 0 Å². The second-order valence-electron chi connectivity index (χ2n) is 7.16. The highest BCUT2D eigenvalue weighted by Crippen LogP contribution is 2.23. The molecule has 3 atom stereocenters. The second kappa shape index (κ2) is 7.78. The Hall–Kier alpha value is -1.61. The fourth-order valence-electron chi connectivity index (χ4n) is 3.87. The Kier molecular flexibility index (Phi) is 5.50. The summed E-state index contributed by atoms with van der Waals surface area (Å²) in [4.78, 5) is 13.7. The summed E-state index contributed by atoms with van der Waals surface area (Å²) in [5.74, 6) is 0.865. The number of rotatable bonds is 4. The van der Waals surface area contributed by atoms with E-state index in [-0.39, 0.29) is 5.91 Å². The predicted molar refractivity (Wildman–Crippen MR) is 94.2 cm³/mol. The lowest BCUT2D eigenvalue weighted by molar-refractivity contribution is -0.886. The molecular formula is C20H29N2O+. The van der Waals surface area contributed by atoms with Crippen molar-refractivity contribution in [1.82, 2.24) is 5.32 Å². The molecule has 1 aliphatic carbocycles. The molecule has 1 aromatic rings. The molecule has 124 valence electrons. The summed E-state index contributed by atoms with van der Waals surface area (Å²) in [7, 11) is 0. The molecule has 3 nitrogen and oxygen atoms in total. The van der Waals surface area contributed by atoms with E-state index in [9.17, 15) is 4.79 Å². The molecule has 0 bridgehead atoms. The minimum absolute atomic E-state index is 0.232. The largest absolute Gasteiger partial charge is 0.348 e. The molecule has 1 fully saturated rings. The Morgan fingerprint density at radius 2 is 2.00 bits per heavy atom. The number of benzene rings is 1. The number of hydrogen-bond donors (Lipinski definition) is 2. The van der Waals surface area contributed by atoms with E-state index in [1.165, 1.54) is 35.3 Å². The third kappa shape index (κ3) is 4.44. The Bertz CT molecular complexity index is 552. The molecule has 3 rings (SSSR count). The van der Waals surface area contributed by atoms with Gasteiger partial charge in [0, 0.05) is 12.5 Å². The average molecular weight is 313 g/mol. The maximum Gasteiger partial charge on any atom is 0.275 e. The van der Waals surface area contributed by atoms with Crippen molar-refractivity contribution >= 4 is 11.5 Å². The minimum atomic E-state index is 0.232. The van der Waals surface area contributed by atoms with Crippen LogP contribution in [0.4, 0.5) is 0 Å². The van der Waals surface area contributed by atoms with Crippen LogP contribution in [0.1, 0.15) is 44.6 Å². The van der Waals surface area contributed by atoms with E-state index in [0.29, 0.717) is 18.5 Å². The molecule has 0 radical (unpaired) electrons. The van der Waals surface area contributed by atoms with Crippen molar-refractivity contribution < 1.29 is 9.69 Å². The molecule has 3 heteroatoms. The fraction of sp³-hybridized carbons (Fsp3) is 0.550. The van der Waals surface area contributed by atoms with Gasteiger partial charge in [-0.25, -0.2) is 0 Å². The van der Waals surface area contributed by atoms with Crippen LogP contribution >= 0.6 is 0 Å². The number of hydrogen-bond acceptors (Lipinski definition) is 1. The van der Waals surface area contributed by atoms with Gasteiger partial charge < -0.3 is 10.2 Å². The van der Waals surface area contributed by atoms with Crippen LogP contribution in [-0.4, -0.2) is 31.6 Å².